The Bertz CT molecular complexity index is 7070. The molecule has 102 heavy (non-hydrogen) atoms. The average molecular weight is 1300 g/mol. The largest absolute Gasteiger partial charge is 0.455 e. The highest BCUT2D eigenvalue weighted by Crippen LogP contribution is 2.46. The van der Waals surface area contributed by atoms with Crippen LogP contribution in [0, 0.1) is 0 Å². The van der Waals surface area contributed by atoms with Crippen LogP contribution in [0.4, 0.5) is 0 Å². The van der Waals surface area contributed by atoms with Gasteiger partial charge in [0.05, 0.1) is 49.5 Å². The van der Waals surface area contributed by atoms with Gasteiger partial charge in [-0.3, -0.25) is 0 Å². The van der Waals surface area contributed by atoms with Gasteiger partial charge in [0, 0.05) is 82.0 Å². The van der Waals surface area contributed by atoms with E-state index in [-0.39, 0.29) is 0 Å². The van der Waals surface area contributed by atoms with Gasteiger partial charge in [-0.25, -0.2) is 0 Å². The second-order valence-corrected chi connectivity index (χ2v) is 26.7. The summed E-state index contributed by atoms with van der Waals surface area (Å²) in [5.74, 6) is 0. The average Bonchev–Trinajstić information content (AvgIpc) is 1.57. The van der Waals surface area contributed by atoms with Crippen LogP contribution in [0.5, 0.6) is 0 Å². The van der Waals surface area contributed by atoms with Crippen LogP contribution < -0.4 is 0 Å². The molecule has 0 unspecified atom stereocenters. The molecule has 0 saturated heterocycles. The lowest BCUT2D eigenvalue weighted by molar-refractivity contribution is 0.671. The van der Waals surface area contributed by atoms with Gasteiger partial charge in [-0.2, -0.15) is 0 Å². The van der Waals surface area contributed by atoms with Crippen LogP contribution in [0.15, 0.2) is 373 Å². The molecule has 16 aromatic carbocycles. The molecule has 6 nitrogen and oxygen atoms in total. The van der Waals surface area contributed by atoms with E-state index in [0.717, 1.165) is 94.1 Å². The Morgan fingerprint density at radius 3 is 0.971 bits per heavy atom. The molecule has 6 heteroatoms. The summed E-state index contributed by atoms with van der Waals surface area (Å²) >= 11 is 0. The normalized spacial score (nSPS) is 11.9. The lowest BCUT2D eigenvalue weighted by Gasteiger charge is -2.10. The number of nitrogens with zero attached hydrogens (tertiary/aromatic N) is 4. The van der Waals surface area contributed by atoms with Gasteiger partial charge in [0.15, 0.2) is 5.58 Å². The van der Waals surface area contributed by atoms with Gasteiger partial charge in [0.25, 0.3) is 0 Å². The molecule has 0 aliphatic heterocycles. The van der Waals surface area contributed by atoms with E-state index in [9.17, 15) is 0 Å². The maximum Gasteiger partial charge on any atom is 0.160 e. The van der Waals surface area contributed by atoms with Gasteiger partial charge < -0.3 is 27.1 Å². The smallest absolute Gasteiger partial charge is 0.160 e. The predicted molar refractivity (Wildman–Crippen MR) is 427 cm³/mol. The zero-order valence-corrected chi connectivity index (χ0v) is 55.2. The predicted octanol–water partition coefficient (Wildman–Crippen LogP) is 26.2. The summed E-state index contributed by atoms with van der Waals surface area (Å²) < 4.78 is 22.7. The molecule has 0 spiro atoms. The molecule has 0 N–H and O–H groups in total. The summed E-state index contributed by atoms with van der Waals surface area (Å²) in [6, 6.07) is 131. The van der Waals surface area contributed by atoms with Crippen molar-refractivity contribution < 1.29 is 8.83 Å². The number of furan rings is 2. The Balaban J connectivity index is 0.000000133. The Labute approximate surface area is 585 Å². The second-order valence-electron chi connectivity index (χ2n) is 26.7. The van der Waals surface area contributed by atoms with Gasteiger partial charge in [-0.05, 0) is 184 Å². The molecular formula is C96H60N4O2. The molecule has 22 rings (SSSR count). The van der Waals surface area contributed by atoms with E-state index in [0.29, 0.717) is 0 Å². The Hall–Kier alpha value is -13.7. The van der Waals surface area contributed by atoms with Crippen molar-refractivity contribution in [2.75, 3.05) is 0 Å². The molecular weight excluding hydrogens is 1240 g/mol. The van der Waals surface area contributed by atoms with Crippen molar-refractivity contribution in [3.63, 3.8) is 0 Å². The maximum atomic E-state index is 6.64. The lowest BCUT2D eigenvalue weighted by atomic mass is 10.00. The van der Waals surface area contributed by atoms with Crippen LogP contribution in [0.25, 0.3) is 198 Å². The quantitative estimate of drug-likeness (QED) is 0.152. The third-order valence-corrected chi connectivity index (χ3v) is 21.1. The molecule has 0 saturated carbocycles. The van der Waals surface area contributed by atoms with E-state index >= 15 is 0 Å². The zero-order chi connectivity index (χ0) is 66.9. The van der Waals surface area contributed by atoms with Crippen LogP contribution in [-0.2, 0) is 0 Å². The zero-order valence-electron chi connectivity index (χ0n) is 55.2. The minimum absolute atomic E-state index is 0.908. The molecule has 6 aromatic heterocycles. The molecule has 0 radical (unpaired) electrons. The van der Waals surface area contributed by atoms with Crippen molar-refractivity contribution >= 4 is 131 Å². The monoisotopic (exact) mass is 1300 g/mol. The Morgan fingerprint density at radius 2 is 0.471 bits per heavy atom. The fraction of sp³-hybridized carbons (Fsp3) is 0. The summed E-state index contributed by atoms with van der Waals surface area (Å²) in [7, 11) is 0. The molecule has 0 amide bonds. The summed E-state index contributed by atoms with van der Waals surface area (Å²) in [5.41, 5.74) is 27.2. The van der Waals surface area contributed by atoms with Crippen LogP contribution in [0.3, 0.4) is 0 Å². The number of hydrogen-bond donors (Lipinski definition) is 0. The molecule has 0 fully saturated rings. The van der Waals surface area contributed by atoms with Gasteiger partial charge in [0.1, 0.15) is 16.7 Å². The first-order valence-electron chi connectivity index (χ1n) is 34.9. The SMILES string of the molecule is c1ccc(-c2ccc(-n3c4ccccc4c4cc(-c5ccc6c(c5)c5c7oc8ccccc8c7ccc5n6-c5ccccc5)ccc43)cc2)cc1.c1ccc(-c2ccc(-n3c4ccccc4c4cc(-c5ccc6c(c5)c5ccc7c8ccccc8oc7c5n6-c5ccccc5)ccc43)cc2)cc1. The molecule has 0 aliphatic rings. The highest BCUT2D eigenvalue weighted by Gasteiger charge is 2.24. The first-order valence-corrected chi connectivity index (χ1v) is 34.9. The van der Waals surface area contributed by atoms with E-state index in [1.54, 1.807) is 0 Å². The van der Waals surface area contributed by atoms with Crippen molar-refractivity contribution in [3.05, 3.63) is 364 Å². The highest BCUT2D eigenvalue weighted by molar-refractivity contribution is 6.25. The lowest BCUT2D eigenvalue weighted by Crippen LogP contribution is -1.94. The molecule has 0 aliphatic carbocycles. The topological polar surface area (TPSA) is 46.0 Å². The summed E-state index contributed by atoms with van der Waals surface area (Å²) in [4.78, 5) is 0. The van der Waals surface area contributed by atoms with E-state index in [1.165, 1.54) is 104 Å². The molecule has 22 aromatic rings. The van der Waals surface area contributed by atoms with Crippen molar-refractivity contribution in [1.29, 1.82) is 0 Å². The molecule has 0 bridgehead atoms. The van der Waals surface area contributed by atoms with E-state index in [2.05, 4.69) is 370 Å². The molecule has 476 valence electrons. The van der Waals surface area contributed by atoms with E-state index in [4.69, 9.17) is 8.83 Å². The van der Waals surface area contributed by atoms with Crippen LogP contribution in [0.2, 0.25) is 0 Å². The van der Waals surface area contributed by atoms with E-state index in [1.807, 2.05) is 12.1 Å². The van der Waals surface area contributed by atoms with Crippen LogP contribution >= 0.6 is 0 Å². The number of benzene rings is 16. The summed E-state index contributed by atoms with van der Waals surface area (Å²) in [5, 5.41) is 14.2. The second kappa shape index (κ2) is 23.0. The van der Waals surface area contributed by atoms with E-state index < -0.39 is 0 Å². The highest BCUT2D eigenvalue weighted by atomic mass is 16.3. The molecule has 0 atom stereocenters. The van der Waals surface area contributed by atoms with Crippen LogP contribution in [-0.4, -0.2) is 18.3 Å². The van der Waals surface area contributed by atoms with Crippen LogP contribution in [0.1, 0.15) is 0 Å². The minimum atomic E-state index is 0.908. The van der Waals surface area contributed by atoms with Gasteiger partial charge >= 0.3 is 0 Å². The summed E-state index contributed by atoms with van der Waals surface area (Å²) in [6.07, 6.45) is 0. The van der Waals surface area contributed by atoms with Crippen molar-refractivity contribution in [2.45, 2.75) is 0 Å². The van der Waals surface area contributed by atoms with Crippen molar-refractivity contribution in [3.8, 4) is 67.3 Å². The number of hydrogen-bond acceptors (Lipinski definition) is 2. The minimum Gasteiger partial charge on any atom is -0.455 e. The Morgan fingerprint density at radius 1 is 0.167 bits per heavy atom. The maximum absolute atomic E-state index is 6.64. The Kier molecular flexibility index (Phi) is 12.9. The van der Waals surface area contributed by atoms with Gasteiger partial charge in [0.2, 0.25) is 0 Å². The van der Waals surface area contributed by atoms with Gasteiger partial charge in [-0.15, -0.1) is 0 Å². The fourth-order valence-corrected chi connectivity index (χ4v) is 16.4. The van der Waals surface area contributed by atoms with Crippen molar-refractivity contribution in [1.82, 2.24) is 18.3 Å². The first kappa shape index (κ1) is 57.4. The number of aromatic nitrogens is 4. The third-order valence-electron chi connectivity index (χ3n) is 21.1. The van der Waals surface area contributed by atoms with Gasteiger partial charge in [-0.1, -0.05) is 224 Å². The summed E-state index contributed by atoms with van der Waals surface area (Å²) in [6.45, 7) is 0. The standard InChI is InChI=1S/2C48H30N2O/c1-3-11-31(12-4-1)32-19-23-36(24-20-32)49-43-17-9-7-15-37(43)41-29-33(21-27-44(41)49)34-22-28-45-42(30-34)39-25-26-40-38-16-8-10-18-46(38)51-48(40)47(39)50(45)35-13-5-2-6-14-35;1-3-11-31(12-4-1)32-19-23-36(24-20-32)49-42-17-9-7-15-37(42)40-29-33(21-26-43(40)49)34-22-27-44-41(30-34)47-45(50(44)35-13-5-2-6-14-35)28-25-39-38-16-8-10-18-46(38)51-48(39)47/h2*1-30H. The fourth-order valence-electron chi connectivity index (χ4n) is 16.4. The van der Waals surface area contributed by atoms with Crippen molar-refractivity contribution in [2.24, 2.45) is 0 Å². The first-order chi connectivity index (χ1) is 50.6. The third kappa shape index (κ3) is 8.99. The number of fused-ring (bicyclic) bond motifs is 20. The number of rotatable bonds is 8. The number of para-hydroxylation sites is 6. The molecule has 6 heterocycles.